The van der Waals surface area contributed by atoms with Gasteiger partial charge in [0.05, 0.1) is 6.54 Å². The van der Waals surface area contributed by atoms with Crippen LogP contribution in [0.1, 0.15) is 11.1 Å². The summed E-state index contributed by atoms with van der Waals surface area (Å²) in [6.07, 6.45) is 0. The van der Waals surface area contributed by atoms with Gasteiger partial charge in [-0.25, -0.2) is 0 Å². The summed E-state index contributed by atoms with van der Waals surface area (Å²) in [6.45, 7) is 0.723. The van der Waals surface area contributed by atoms with Crippen LogP contribution in [0.5, 0.6) is 0 Å². The standard InChI is InChI=1S/C8H7BrN2/c9-6-3-1-2-5-4-11-8(10)7(5)6/h1-3H,4H2,(H2,10,11). The van der Waals surface area contributed by atoms with Crippen molar-refractivity contribution in [3.63, 3.8) is 0 Å². The van der Waals surface area contributed by atoms with Crippen molar-refractivity contribution in [2.24, 2.45) is 10.7 Å². The quantitative estimate of drug-likeness (QED) is 0.696. The lowest BCUT2D eigenvalue weighted by Crippen LogP contribution is -2.10. The van der Waals surface area contributed by atoms with Crippen molar-refractivity contribution in [1.82, 2.24) is 0 Å². The molecule has 0 aliphatic carbocycles. The molecule has 1 aromatic rings. The Balaban J connectivity index is 2.67. The first-order valence-corrected chi connectivity index (χ1v) is 4.16. The molecule has 1 aromatic carbocycles. The molecule has 0 radical (unpaired) electrons. The first kappa shape index (κ1) is 6.85. The SMILES string of the molecule is NC1=NCc2cccc(Br)c21. The van der Waals surface area contributed by atoms with Crippen LogP contribution in [0, 0.1) is 0 Å². The largest absolute Gasteiger partial charge is 0.383 e. The second-order valence-electron chi connectivity index (χ2n) is 2.48. The highest BCUT2D eigenvalue weighted by Gasteiger charge is 2.14. The van der Waals surface area contributed by atoms with Gasteiger partial charge in [-0.3, -0.25) is 4.99 Å². The molecular formula is C8H7BrN2. The molecule has 3 heteroatoms. The minimum Gasteiger partial charge on any atom is -0.383 e. The third-order valence-corrected chi connectivity index (χ3v) is 2.44. The minimum atomic E-state index is 0.646. The van der Waals surface area contributed by atoms with Crippen LogP contribution in [0.4, 0.5) is 0 Å². The summed E-state index contributed by atoms with van der Waals surface area (Å²) in [6, 6.07) is 6.02. The van der Waals surface area contributed by atoms with E-state index < -0.39 is 0 Å². The number of hydrogen-bond acceptors (Lipinski definition) is 2. The van der Waals surface area contributed by atoms with Gasteiger partial charge in [0.1, 0.15) is 5.84 Å². The average molecular weight is 211 g/mol. The number of halogens is 1. The molecule has 0 spiro atoms. The van der Waals surface area contributed by atoms with Crippen molar-refractivity contribution >= 4 is 21.8 Å². The molecule has 0 atom stereocenters. The van der Waals surface area contributed by atoms with E-state index in [1.807, 2.05) is 18.2 Å². The predicted octanol–water partition coefficient (Wildman–Crippen LogP) is 1.67. The molecule has 0 fully saturated rings. The zero-order valence-electron chi connectivity index (χ0n) is 5.84. The predicted molar refractivity (Wildman–Crippen MR) is 48.6 cm³/mol. The Morgan fingerprint density at radius 3 is 3.00 bits per heavy atom. The molecule has 0 aromatic heterocycles. The molecule has 0 bridgehead atoms. The average Bonchev–Trinajstić information content (AvgIpc) is 2.34. The fourth-order valence-electron chi connectivity index (χ4n) is 1.24. The van der Waals surface area contributed by atoms with Gasteiger partial charge in [0.2, 0.25) is 0 Å². The highest BCUT2D eigenvalue weighted by molar-refractivity contribution is 9.10. The lowest BCUT2D eigenvalue weighted by molar-refractivity contribution is 1.10. The zero-order valence-corrected chi connectivity index (χ0v) is 7.43. The number of nitrogens with zero attached hydrogens (tertiary/aromatic N) is 1. The first-order valence-electron chi connectivity index (χ1n) is 3.37. The fourth-order valence-corrected chi connectivity index (χ4v) is 1.85. The molecule has 2 nitrogen and oxygen atoms in total. The van der Waals surface area contributed by atoms with Crippen molar-refractivity contribution in [3.8, 4) is 0 Å². The highest BCUT2D eigenvalue weighted by Crippen LogP contribution is 2.24. The molecule has 2 N–H and O–H groups in total. The van der Waals surface area contributed by atoms with Gasteiger partial charge >= 0.3 is 0 Å². The van der Waals surface area contributed by atoms with Crippen molar-refractivity contribution in [2.75, 3.05) is 0 Å². The molecule has 0 unspecified atom stereocenters. The number of hydrogen-bond donors (Lipinski definition) is 1. The Morgan fingerprint density at radius 1 is 1.45 bits per heavy atom. The van der Waals surface area contributed by atoms with E-state index in [1.165, 1.54) is 5.56 Å². The Labute approximate surface area is 73.3 Å². The molecule has 11 heavy (non-hydrogen) atoms. The molecule has 1 aliphatic heterocycles. The van der Waals surface area contributed by atoms with E-state index in [-0.39, 0.29) is 0 Å². The van der Waals surface area contributed by atoms with Gasteiger partial charge in [0.15, 0.2) is 0 Å². The van der Waals surface area contributed by atoms with Crippen LogP contribution in [0.2, 0.25) is 0 Å². The Hall–Kier alpha value is -0.830. The van der Waals surface area contributed by atoms with Gasteiger partial charge in [-0.15, -0.1) is 0 Å². The maximum absolute atomic E-state index is 5.67. The first-order chi connectivity index (χ1) is 5.29. The van der Waals surface area contributed by atoms with E-state index in [0.717, 1.165) is 16.6 Å². The monoisotopic (exact) mass is 210 g/mol. The molecular weight excluding hydrogens is 204 g/mol. The smallest absolute Gasteiger partial charge is 0.127 e. The van der Waals surface area contributed by atoms with Crippen LogP contribution in [0.15, 0.2) is 27.7 Å². The highest BCUT2D eigenvalue weighted by atomic mass is 79.9. The molecule has 1 heterocycles. The van der Waals surface area contributed by atoms with Gasteiger partial charge in [-0.05, 0) is 11.6 Å². The van der Waals surface area contributed by atoms with Crippen LogP contribution < -0.4 is 5.73 Å². The maximum atomic E-state index is 5.67. The maximum Gasteiger partial charge on any atom is 0.127 e. The topological polar surface area (TPSA) is 38.4 Å². The third-order valence-electron chi connectivity index (χ3n) is 1.78. The zero-order chi connectivity index (χ0) is 7.84. The van der Waals surface area contributed by atoms with E-state index in [2.05, 4.69) is 20.9 Å². The summed E-state index contributed by atoms with van der Waals surface area (Å²) in [5.41, 5.74) is 7.94. The van der Waals surface area contributed by atoms with E-state index in [1.54, 1.807) is 0 Å². The van der Waals surface area contributed by atoms with Crippen molar-refractivity contribution in [2.45, 2.75) is 6.54 Å². The van der Waals surface area contributed by atoms with Gasteiger partial charge in [0.25, 0.3) is 0 Å². The van der Waals surface area contributed by atoms with Gasteiger partial charge in [0, 0.05) is 10.0 Å². The molecule has 2 rings (SSSR count). The Morgan fingerprint density at radius 2 is 2.27 bits per heavy atom. The summed E-state index contributed by atoms with van der Waals surface area (Å²) in [4.78, 5) is 4.13. The number of rotatable bonds is 0. The van der Waals surface area contributed by atoms with Crippen molar-refractivity contribution < 1.29 is 0 Å². The summed E-state index contributed by atoms with van der Waals surface area (Å²) in [7, 11) is 0. The van der Waals surface area contributed by atoms with E-state index in [4.69, 9.17) is 5.73 Å². The lowest BCUT2D eigenvalue weighted by Gasteiger charge is -2.00. The third kappa shape index (κ3) is 0.959. The summed E-state index contributed by atoms with van der Waals surface area (Å²) in [5.74, 6) is 0.646. The second-order valence-corrected chi connectivity index (χ2v) is 3.33. The molecule has 56 valence electrons. The van der Waals surface area contributed by atoms with Crippen LogP contribution in [0.25, 0.3) is 0 Å². The summed E-state index contributed by atoms with van der Waals surface area (Å²) in [5, 5.41) is 0. The van der Waals surface area contributed by atoms with Gasteiger partial charge in [-0.2, -0.15) is 0 Å². The van der Waals surface area contributed by atoms with E-state index >= 15 is 0 Å². The Kier molecular flexibility index (Phi) is 1.46. The summed E-state index contributed by atoms with van der Waals surface area (Å²) >= 11 is 3.43. The lowest BCUT2D eigenvalue weighted by atomic mass is 10.1. The Bertz CT molecular complexity index is 331. The molecule has 0 amide bonds. The van der Waals surface area contributed by atoms with Crippen LogP contribution in [-0.4, -0.2) is 5.84 Å². The van der Waals surface area contributed by atoms with Crippen molar-refractivity contribution in [1.29, 1.82) is 0 Å². The fraction of sp³-hybridized carbons (Fsp3) is 0.125. The van der Waals surface area contributed by atoms with Crippen LogP contribution in [-0.2, 0) is 6.54 Å². The summed E-state index contributed by atoms with van der Waals surface area (Å²) < 4.78 is 1.04. The number of fused-ring (bicyclic) bond motifs is 1. The van der Waals surface area contributed by atoms with Gasteiger partial charge < -0.3 is 5.73 Å². The van der Waals surface area contributed by atoms with E-state index in [9.17, 15) is 0 Å². The molecule has 0 saturated carbocycles. The molecule has 0 saturated heterocycles. The van der Waals surface area contributed by atoms with Gasteiger partial charge in [-0.1, -0.05) is 28.1 Å². The number of nitrogens with two attached hydrogens (primary N) is 1. The van der Waals surface area contributed by atoms with E-state index in [0.29, 0.717) is 5.84 Å². The number of amidine groups is 1. The van der Waals surface area contributed by atoms with Crippen molar-refractivity contribution in [3.05, 3.63) is 33.8 Å². The van der Waals surface area contributed by atoms with Crippen LogP contribution >= 0.6 is 15.9 Å². The normalized spacial score (nSPS) is 14.5. The van der Waals surface area contributed by atoms with Crippen LogP contribution in [0.3, 0.4) is 0 Å². The minimum absolute atomic E-state index is 0.646. The number of aliphatic imine (C=N–C) groups is 1. The number of benzene rings is 1. The molecule has 1 aliphatic rings. The second kappa shape index (κ2) is 2.34.